The molecule has 0 saturated carbocycles. The fourth-order valence-corrected chi connectivity index (χ4v) is 3.22. The van der Waals surface area contributed by atoms with Gasteiger partial charge in [0.15, 0.2) is 11.5 Å². The van der Waals surface area contributed by atoms with Crippen molar-refractivity contribution in [1.82, 2.24) is 9.97 Å². The van der Waals surface area contributed by atoms with Gasteiger partial charge in [-0.15, -0.1) is 11.3 Å². The smallest absolute Gasteiger partial charge is 0.354 e. The van der Waals surface area contributed by atoms with Crippen molar-refractivity contribution in [3.8, 4) is 39.5 Å². The van der Waals surface area contributed by atoms with E-state index >= 15 is 0 Å². The van der Waals surface area contributed by atoms with Crippen molar-refractivity contribution >= 4 is 17.3 Å². The highest BCUT2D eigenvalue weighted by molar-refractivity contribution is 7.13. The maximum Gasteiger partial charge on any atom is 0.354 e. The predicted molar refractivity (Wildman–Crippen MR) is 111 cm³/mol. The zero-order valence-electron chi connectivity index (χ0n) is 16.4. The Morgan fingerprint density at radius 3 is 2.45 bits per heavy atom. The Labute approximate surface area is 173 Å². The van der Waals surface area contributed by atoms with Crippen LogP contribution in [-0.2, 0) is 0 Å². The van der Waals surface area contributed by atoms with Gasteiger partial charge in [0, 0.05) is 17.9 Å². The Hall–Kier alpha value is -3.44. The van der Waals surface area contributed by atoms with E-state index < -0.39 is 5.97 Å². The highest BCUT2D eigenvalue weighted by atomic mass is 32.1. The van der Waals surface area contributed by atoms with Crippen LogP contribution in [0.25, 0.3) is 22.0 Å². The number of aromatic carboxylic acids is 1. The summed E-state index contributed by atoms with van der Waals surface area (Å²) in [7, 11) is 0. The molecular weight excluding hydrogens is 390 g/mol. The van der Waals surface area contributed by atoms with E-state index in [2.05, 4.69) is 9.97 Å². The summed E-state index contributed by atoms with van der Waals surface area (Å²) in [5, 5.41) is 19.1. The standard InChI is InChI=1S/C19H18N2O4S.C2H3N/c1-3-24-16-9-8-12(10-17(16)25-4-2)18-21-15(11-26-18)13-6-5-7-14(20-13)19(22)23;1-2-3/h5-11H,3-4H2,1-2H3,(H,22,23);1H3. The summed E-state index contributed by atoms with van der Waals surface area (Å²) in [6.45, 7) is 6.38. The van der Waals surface area contributed by atoms with Crippen LogP contribution < -0.4 is 9.47 Å². The van der Waals surface area contributed by atoms with Crippen molar-refractivity contribution in [2.75, 3.05) is 13.2 Å². The minimum absolute atomic E-state index is 0.00301. The lowest BCUT2D eigenvalue weighted by Crippen LogP contribution is -2.00. The van der Waals surface area contributed by atoms with Crippen molar-refractivity contribution in [3.63, 3.8) is 0 Å². The molecule has 7 nitrogen and oxygen atoms in total. The second-order valence-corrected chi connectivity index (χ2v) is 6.36. The third kappa shape index (κ3) is 5.77. The topological polar surface area (TPSA) is 105 Å². The van der Waals surface area contributed by atoms with E-state index in [1.54, 1.807) is 18.2 Å². The van der Waals surface area contributed by atoms with E-state index in [4.69, 9.17) is 19.8 Å². The maximum absolute atomic E-state index is 11.1. The summed E-state index contributed by atoms with van der Waals surface area (Å²) in [4.78, 5) is 19.8. The average Bonchev–Trinajstić information content (AvgIpc) is 3.21. The van der Waals surface area contributed by atoms with Gasteiger partial charge in [-0.2, -0.15) is 5.26 Å². The molecule has 0 aliphatic rings. The van der Waals surface area contributed by atoms with Gasteiger partial charge in [-0.1, -0.05) is 6.07 Å². The minimum Gasteiger partial charge on any atom is -0.490 e. The van der Waals surface area contributed by atoms with Gasteiger partial charge in [0.1, 0.15) is 16.4 Å². The van der Waals surface area contributed by atoms with Crippen LogP contribution in [0.3, 0.4) is 0 Å². The second-order valence-electron chi connectivity index (χ2n) is 5.50. The molecule has 0 aliphatic carbocycles. The van der Waals surface area contributed by atoms with Crippen LogP contribution >= 0.6 is 11.3 Å². The number of carboxylic acid groups (broad SMARTS) is 1. The largest absolute Gasteiger partial charge is 0.490 e. The minimum atomic E-state index is -1.06. The highest BCUT2D eigenvalue weighted by Gasteiger charge is 2.13. The highest BCUT2D eigenvalue weighted by Crippen LogP contribution is 2.35. The monoisotopic (exact) mass is 411 g/mol. The van der Waals surface area contributed by atoms with Crippen LogP contribution in [0.15, 0.2) is 41.8 Å². The first-order chi connectivity index (χ1) is 14.0. The quantitative estimate of drug-likeness (QED) is 0.589. The lowest BCUT2D eigenvalue weighted by atomic mass is 10.2. The van der Waals surface area contributed by atoms with Crippen LogP contribution in [0.5, 0.6) is 11.5 Å². The van der Waals surface area contributed by atoms with Crippen molar-refractivity contribution < 1.29 is 19.4 Å². The van der Waals surface area contributed by atoms with Gasteiger partial charge < -0.3 is 14.6 Å². The summed E-state index contributed by atoms with van der Waals surface area (Å²) in [5.74, 6) is 0.315. The summed E-state index contributed by atoms with van der Waals surface area (Å²) >= 11 is 1.46. The molecule has 0 bridgehead atoms. The Kier molecular flexibility index (Phi) is 8.12. The van der Waals surface area contributed by atoms with E-state index in [1.807, 2.05) is 37.4 Å². The molecule has 2 aromatic heterocycles. The average molecular weight is 411 g/mol. The van der Waals surface area contributed by atoms with Gasteiger partial charge in [0.05, 0.1) is 25.0 Å². The number of hydrogen-bond acceptors (Lipinski definition) is 7. The van der Waals surface area contributed by atoms with E-state index in [0.717, 1.165) is 10.6 Å². The Bertz CT molecular complexity index is 1010. The Morgan fingerprint density at radius 2 is 1.79 bits per heavy atom. The van der Waals surface area contributed by atoms with Gasteiger partial charge in [-0.3, -0.25) is 0 Å². The molecule has 1 aromatic carbocycles. The number of aromatic nitrogens is 2. The van der Waals surface area contributed by atoms with E-state index in [1.165, 1.54) is 24.3 Å². The van der Waals surface area contributed by atoms with Crippen molar-refractivity contribution in [1.29, 1.82) is 5.26 Å². The molecule has 0 fully saturated rings. The SMILES string of the molecule is CC#N.CCOc1ccc(-c2nc(-c3cccc(C(=O)O)n3)cs2)cc1OCC. The predicted octanol–water partition coefficient (Wildman–Crippen LogP) is 4.90. The molecule has 0 amide bonds. The maximum atomic E-state index is 11.1. The number of carbonyl (C=O) groups is 1. The molecule has 0 radical (unpaired) electrons. The lowest BCUT2D eigenvalue weighted by Gasteiger charge is -2.11. The number of thiazole rings is 1. The fourth-order valence-electron chi connectivity index (χ4n) is 2.40. The summed E-state index contributed by atoms with van der Waals surface area (Å²) in [5.41, 5.74) is 2.07. The van der Waals surface area contributed by atoms with Gasteiger partial charge in [-0.05, 0) is 44.2 Å². The molecule has 8 heteroatoms. The van der Waals surface area contributed by atoms with Crippen LogP contribution in [-0.4, -0.2) is 34.3 Å². The zero-order valence-corrected chi connectivity index (χ0v) is 17.2. The van der Waals surface area contributed by atoms with Gasteiger partial charge in [-0.25, -0.2) is 14.8 Å². The van der Waals surface area contributed by atoms with Crippen LogP contribution in [0.1, 0.15) is 31.3 Å². The Morgan fingerprint density at radius 1 is 1.10 bits per heavy atom. The first kappa shape index (κ1) is 21.9. The van der Waals surface area contributed by atoms with E-state index in [0.29, 0.717) is 36.1 Å². The molecule has 0 aliphatic heterocycles. The molecule has 150 valence electrons. The number of pyridine rings is 1. The third-order valence-electron chi connectivity index (χ3n) is 3.53. The molecule has 3 rings (SSSR count). The molecule has 0 unspecified atom stereocenters. The van der Waals surface area contributed by atoms with E-state index in [-0.39, 0.29) is 5.69 Å². The number of rotatable bonds is 7. The Balaban J connectivity index is 0.000000941. The van der Waals surface area contributed by atoms with Crippen LogP contribution in [0.4, 0.5) is 0 Å². The summed E-state index contributed by atoms with van der Waals surface area (Å²) in [6, 6.07) is 12.3. The molecule has 29 heavy (non-hydrogen) atoms. The normalized spacial score (nSPS) is 9.72. The van der Waals surface area contributed by atoms with Crippen molar-refractivity contribution in [2.24, 2.45) is 0 Å². The molecular formula is C21H21N3O4S. The number of hydrogen-bond donors (Lipinski definition) is 1. The summed E-state index contributed by atoms with van der Waals surface area (Å²) in [6.07, 6.45) is 0. The molecule has 0 atom stereocenters. The molecule has 0 spiro atoms. The first-order valence-corrected chi connectivity index (χ1v) is 9.79. The molecule has 3 aromatic rings. The molecule has 1 N–H and O–H groups in total. The fraction of sp³-hybridized carbons (Fsp3) is 0.238. The number of nitriles is 1. The first-order valence-electron chi connectivity index (χ1n) is 8.91. The number of ether oxygens (including phenoxy) is 2. The molecule has 2 heterocycles. The van der Waals surface area contributed by atoms with Crippen molar-refractivity contribution in [3.05, 3.63) is 47.5 Å². The zero-order chi connectivity index (χ0) is 21.2. The van der Waals surface area contributed by atoms with Gasteiger partial charge in [0.25, 0.3) is 0 Å². The number of carboxylic acids is 1. The van der Waals surface area contributed by atoms with Crippen LogP contribution in [0, 0.1) is 11.3 Å². The van der Waals surface area contributed by atoms with Gasteiger partial charge in [0.2, 0.25) is 0 Å². The lowest BCUT2D eigenvalue weighted by molar-refractivity contribution is 0.0690. The van der Waals surface area contributed by atoms with Gasteiger partial charge >= 0.3 is 5.97 Å². The number of nitrogens with zero attached hydrogens (tertiary/aromatic N) is 3. The van der Waals surface area contributed by atoms with Crippen molar-refractivity contribution in [2.45, 2.75) is 20.8 Å². The summed E-state index contributed by atoms with van der Waals surface area (Å²) < 4.78 is 11.2. The van der Waals surface area contributed by atoms with E-state index in [9.17, 15) is 4.79 Å². The third-order valence-corrected chi connectivity index (χ3v) is 4.42. The second kappa shape index (κ2) is 10.8. The number of benzene rings is 1. The molecule has 0 saturated heterocycles. The van der Waals surface area contributed by atoms with Crippen LogP contribution in [0.2, 0.25) is 0 Å².